The van der Waals surface area contributed by atoms with Gasteiger partial charge in [0.1, 0.15) is 5.82 Å². The fourth-order valence-corrected chi connectivity index (χ4v) is 4.95. The third-order valence-electron chi connectivity index (χ3n) is 5.24. The minimum Gasteiger partial charge on any atom is -0.478 e. The Hall–Kier alpha value is -3.99. The molecule has 0 saturated carbocycles. The fourth-order valence-electron chi connectivity index (χ4n) is 3.53. The summed E-state index contributed by atoms with van der Waals surface area (Å²) in [4.78, 5) is 15.0. The highest BCUT2D eigenvalue weighted by Crippen LogP contribution is 2.34. The highest BCUT2D eigenvalue weighted by atomic mass is 32.2. The van der Waals surface area contributed by atoms with Crippen LogP contribution in [-0.2, 0) is 22.7 Å². The van der Waals surface area contributed by atoms with Gasteiger partial charge in [-0.05, 0) is 53.4 Å². The topological polar surface area (TPSA) is 87.6 Å². The molecule has 0 aliphatic heterocycles. The van der Waals surface area contributed by atoms with Crippen molar-refractivity contribution in [3.63, 3.8) is 0 Å². The lowest BCUT2D eigenvalue weighted by Gasteiger charge is -2.25. The lowest BCUT2D eigenvalue weighted by Crippen LogP contribution is -2.31. The summed E-state index contributed by atoms with van der Waals surface area (Å²) in [5.74, 6) is -2.79. The number of carboxylic acid groups (broad SMARTS) is 1. The van der Waals surface area contributed by atoms with Crippen LogP contribution in [0.1, 0.15) is 21.5 Å². The van der Waals surface area contributed by atoms with Gasteiger partial charge in [-0.15, -0.1) is 0 Å². The summed E-state index contributed by atoms with van der Waals surface area (Å²) in [6.45, 7) is -0.590. The Labute approximate surface area is 197 Å². The van der Waals surface area contributed by atoms with Crippen molar-refractivity contribution in [3.05, 3.63) is 102 Å². The molecule has 6 nitrogen and oxygen atoms in total. The van der Waals surface area contributed by atoms with Crippen molar-refractivity contribution in [2.45, 2.75) is 17.6 Å². The maximum Gasteiger partial charge on any atom is 0.419 e. The minimum atomic E-state index is -4.98. The Morgan fingerprint density at radius 2 is 1.66 bits per heavy atom. The second-order valence-electron chi connectivity index (χ2n) is 7.51. The van der Waals surface area contributed by atoms with E-state index in [9.17, 15) is 30.8 Å². The number of carboxylic acids is 1. The average Bonchev–Trinajstić information content (AvgIpc) is 2.82. The van der Waals surface area contributed by atoms with Crippen molar-refractivity contribution >= 4 is 32.6 Å². The van der Waals surface area contributed by atoms with Gasteiger partial charge in [0.25, 0.3) is 10.0 Å². The largest absolute Gasteiger partial charge is 0.478 e. The molecule has 0 aliphatic rings. The number of alkyl halides is 3. The van der Waals surface area contributed by atoms with Gasteiger partial charge in [0.2, 0.25) is 0 Å². The van der Waals surface area contributed by atoms with Crippen LogP contribution >= 0.6 is 0 Å². The van der Waals surface area contributed by atoms with Crippen molar-refractivity contribution in [1.29, 1.82) is 0 Å². The molecule has 0 unspecified atom stereocenters. The Morgan fingerprint density at radius 3 is 2.31 bits per heavy atom. The first-order valence-electron chi connectivity index (χ1n) is 10.0. The summed E-state index contributed by atoms with van der Waals surface area (Å²) >= 11 is 0. The van der Waals surface area contributed by atoms with E-state index in [2.05, 4.69) is 4.98 Å². The molecule has 1 heterocycles. The molecule has 0 atom stereocenters. The molecule has 0 aliphatic carbocycles. The predicted octanol–water partition coefficient (Wildman–Crippen LogP) is 5.49. The van der Waals surface area contributed by atoms with E-state index in [0.717, 1.165) is 34.6 Å². The average molecular weight is 504 g/mol. The number of aromatic nitrogens is 1. The molecule has 4 aromatic rings. The molecule has 1 N–H and O–H groups in total. The van der Waals surface area contributed by atoms with E-state index < -0.39 is 40.1 Å². The quantitative estimate of drug-likeness (QED) is 0.351. The molecule has 35 heavy (non-hydrogen) atoms. The van der Waals surface area contributed by atoms with Gasteiger partial charge < -0.3 is 5.11 Å². The van der Waals surface area contributed by atoms with Crippen molar-refractivity contribution in [1.82, 2.24) is 4.98 Å². The number of fused-ring (bicyclic) bond motifs is 1. The van der Waals surface area contributed by atoms with Crippen LogP contribution in [-0.4, -0.2) is 24.5 Å². The summed E-state index contributed by atoms with van der Waals surface area (Å²) in [5.41, 5.74) is -1.80. The maximum absolute atomic E-state index is 13.8. The molecule has 0 amide bonds. The fraction of sp³-hybridized carbons (Fsp3) is 0.0833. The third-order valence-corrected chi connectivity index (χ3v) is 6.99. The van der Waals surface area contributed by atoms with E-state index >= 15 is 0 Å². The molecule has 4 rings (SSSR count). The van der Waals surface area contributed by atoms with Gasteiger partial charge in [0.15, 0.2) is 5.82 Å². The second-order valence-corrected chi connectivity index (χ2v) is 9.37. The van der Waals surface area contributed by atoms with Crippen LogP contribution in [0.25, 0.3) is 10.8 Å². The van der Waals surface area contributed by atoms with Gasteiger partial charge in [0, 0.05) is 11.6 Å². The molecule has 0 radical (unpaired) electrons. The number of aromatic carboxylic acids is 1. The number of nitrogens with zero attached hydrogens (tertiary/aromatic N) is 2. The predicted molar refractivity (Wildman–Crippen MR) is 120 cm³/mol. The van der Waals surface area contributed by atoms with Crippen LogP contribution in [0.2, 0.25) is 0 Å². The molecular weight excluding hydrogens is 488 g/mol. The zero-order valence-corrected chi connectivity index (χ0v) is 18.5. The first kappa shape index (κ1) is 24.1. The van der Waals surface area contributed by atoms with Crippen LogP contribution in [0.5, 0.6) is 0 Å². The van der Waals surface area contributed by atoms with Crippen LogP contribution in [0.3, 0.4) is 0 Å². The van der Waals surface area contributed by atoms with Crippen molar-refractivity contribution in [3.8, 4) is 0 Å². The van der Waals surface area contributed by atoms with Crippen molar-refractivity contribution in [2.24, 2.45) is 0 Å². The van der Waals surface area contributed by atoms with Crippen LogP contribution in [0, 0.1) is 5.82 Å². The normalized spacial score (nSPS) is 12.0. The standard InChI is InChI=1S/C24H16F4N2O4S/c25-21-10-5-15(13-20(21)24(26,27)28)14-30(22-19-4-2-1-3-16(19)11-12-29-22)35(33,34)18-8-6-17(7-9-18)23(31)32/h1-13H,14H2,(H,31,32). The van der Waals surface area contributed by atoms with Gasteiger partial charge in [-0.3, -0.25) is 0 Å². The molecule has 0 bridgehead atoms. The number of rotatable bonds is 6. The summed E-state index contributed by atoms with van der Waals surface area (Å²) < 4.78 is 81.7. The zero-order valence-electron chi connectivity index (χ0n) is 17.7. The smallest absolute Gasteiger partial charge is 0.419 e. The number of halogens is 4. The number of benzene rings is 3. The number of hydrogen-bond donors (Lipinski definition) is 1. The molecule has 1 aromatic heterocycles. The maximum atomic E-state index is 13.8. The third kappa shape index (κ3) is 4.80. The molecular formula is C24H16F4N2O4S. The van der Waals surface area contributed by atoms with Gasteiger partial charge in [-0.2, -0.15) is 13.2 Å². The molecule has 0 saturated heterocycles. The number of carbonyl (C=O) groups is 1. The van der Waals surface area contributed by atoms with E-state index in [1.807, 2.05) is 0 Å². The first-order valence-corrected chi connectivity index (χ1v) is 11.5. The van der Waals surface area contributed by atoms with Crippen LogP contribution in [0.4, 0.5) is 23.4 Å². The van der Waals surface area contributed by atoms with E-state index in [0.29, 0.717) is 22.9 Å². The SMILES string of the molecule is O=C(O)c1ccc(S(=O)(=O)N(Cc2ccc(F)c(C(F)(F)F)c2)c2nccc3ccccc23)cc1. The number of sulfonamides is 1. The molecule has 3 aromatic carbocycles. The van der Waals surface area contributed by atoms with Gasteiger partial charge >= 0.3 is 12.1 Å². The summed E-state index contributed by atoms with van der Waals surface area (Å²) in [5, 5.41) is 10.1. The molecule has 11 heteroatoms. The number of anilines is 1. The monoisotopic (exact) mass is 504 g/mol. The van der Waals surface area contributed by atoms with E-state index in [4.69, 9.17) is 5.11 Å². The number of hydrogen-bond acceptors (Lipinski definition) is 4. The summed E-state index contributed by atoms with van der Waals surface area (Å²) in [6.07, 6.45) is -3.62. The molecule has 0 fully saturated rings. The highest BCUT2D eigenvalue weighted by molar-refractivity contribution is 7.92. The van der Waals surface area contributed by atoms with Crippen LogP contribution < -0.4 is 4.31 Å². The summed E-state index contributed by atoms with van der Waals surface area (Å²) in [7, 11) is -4.44. The van der Waals surface area contributed by atoms with E-state index in [-0.39, 0.29) is 21.8 Å². The highest BCUT2D eigenvalue weighted by Gasteiger charge is 2.35. The number of pyridine rings is 1. The van der Waals surface area contributed by atoms with Gasteiger partial charge in [-0.25, -0.2) is 26.9 Å². The van der Waals surface area contributed by atoms with E-state index in [1.54, 1.807) is 30.3 Å². The lowest BCUT2D eigenvalue weighted by atomic mass is 10.1. The van der Waals surface area contributed by atoms with Crippen LogP contribution in [0.15, 0.2) is 83.9 Å². The first-order chi connectivity index (χ1) is 16.5. The molecule has 180 valence electrons. The van der Waals surface area contributed by atoms with E-state index in [1.165, 1.54) is 6.20 Å². The van der Waals surface area contributed by atoms with Crippen molar-refractivity contribution in [2.75, 3.05) is 4.31 Å². The van der Waals surface area contributed by atoms with Gasteiger partial charge in [0.05, 0.1) is 22.6 Å². The Kier molecular flexibility index (Phi) is 6.20. The summed E-state index contributed by atoms with van der Waals surface area (Å²) in [6, 6.07) is 15.0. The minimum absolute atomic E-state index is 0.0525. The Morgan fingerprint density at radius 1 is 0.971 bits per heavy atom. The zero-order chi connectivity index (χ0) is 25.4. The Balaban J connectivity index is 1.89. The Bertz CT molecular complexity index is 1520. The second kappa shape index (κ2) is 8.99. The van der Waals surface area contributed by atoms with Gasteiger partial charge in [-0.1, -0.05) is 30.3 Å². The lowest BCUT2D eigenvalue weighted by molar-refractivity contribution is -0.140. The van der Waals surface area contributed by atoms with Crippen molar-refractivity contribution < 1.29 is 35.9 Å². The molecule has 0 spiro atoms.